The Labute approximate surface area is 177 Å². The van der Waals surface area contributed by atoms with Crippen molar-refractivity contribution in [1.82, 2.24) is 0 Å². The summed E-state index contributed by atoms with van der Waals surface area (Å²) in [6.07, 6.45) is 0. The number of methoxy groups -OCH3 is 1. The number of furan rings is 1. The molecule has 0 bridgehead atoms. The summed E-state index contributed by atoms with van der Waals surface area (Å²) < 4.78 is 17.6. The number of nitrogens with one attached hydrogen (secondary N) is 1. The average molecular weight is 457 g/mol. The van der Waals surface area contributed by atoms with Crippen LogP contribution in [0.2, 0.25) is 0 Å². The van der Waals surface area contributed by atoms with E-state index in [0.29, 0.717) is 30.4 Å². The monoisotopic (exact) mass is 456 g/mol. The van der Waals surface area contributed by atoms with E-state index in [1.807, 2.05) is 42.5 Å². The van der Waals surface area contributed by atoms with Crippen LogP contribution in [0.5, 0.6) is 5.75 Å². The number of carbonyl (C=O) groups excluding carboxylic acids is 1. The summed E-state index contributed by atoms with van der Waals surface area (Å²) >= 11 is 3.42. The van der Waals surface area contributed by atoms with Gasteiger partial charge in [-0.2, -0.15) is 0 Å². The second-order valence-corrected chi connectivity index (χ2v) is 7.52. The highest BCUT2D eigenvalue weighted by Gasteiger charge is 2.19. The molecule has 6 nitrogen and oxygen atoms in total. The third-order valence-corrected chi connectivity index (χ3v) is 5.29. The first kappa shape index (κ1) is 19.5. The minimum absolute atomic E-state index is 0.249. The predicted molar refractivity (Wildman–Crippen MR) is 116 cm³/mol. The molecule has 1 fully saturated rings. The number of hydrogen-bond donors (Lipinski definition) is 1. The Balaban J connectivity index is 1.57. The van der Waals surface area contributed by atoms with Crippen molar-refractivity contribution >= 4 is 33.2 Å². The molecule has 29 heavy (non-hydrogen) atoms. The van der Waals surface area contributed by atoms with Crippen LogP contribution in [0.15, 0.2) is 63.5 Å². The molecule has 150 valence electrons. The van der Waals surface area contributed by atoms with Crippen LogP contribution >= 0.6 is 15.9 Å². The Bertz CT molecular complexity index is 994. The van der Waals surface area contributed by atoms with Crippen molar-refractivity contribution in [2.24, 2.45) is 0 Å². The van der Waals surface area contributed by atoms with E-state index >= 15 is 0 Å². The Kier molecular flexibility index (Phi) is 5.87. The largest absolute Gasteiger partial charge is 0.497 e. The molecule has 1 N–H and O–H groups in total. The molecule has 0 atom stereocenters. The Hall–Kier alpha value is -2.77. The van der Waals surface area contributed by atoms with E-state index in [1.54, 1.807) is 19.2 Å². The van der Waals surface area contributed by atoms with Crippen molar-refractivity contribution in [1.29, 1.82) is 0 Å². The quantitative estimate of drug-likeness (QED) is 0.596. The number of hydrogen-bond acceptors (Lipinski definition) is 5. The van der Waals surface area contributed by atoms with Gasteiger partial charge in [-0.1, -0.05) is 28.1 Å². The normalized spacial score (nSPS) is 13.9. The standard InChI is InChI=1S/C22H21BrN2O4/c1-27-17-6-7-19(25-10-12-28-13-11-25)18(14-17)24-22(26)21-9-8-20(29-21)15-2-4-16(23)5-3-15/h2-9,14H,10-13H2,1H3,(H,24,26). The van der Waals surface area contributed by atoms with Gasteiger partial charge in [-0.15, -0.1) is 0 Å². The summed E-state index contributed by atoms with van der Waals surface area (Å²) in [5.74, 6) is 1.25. The molecule has 1 amide bonds. The molecule has 0 aliphatic carbocycles. The number of anilines is 2. The van der Waals surface area contributed by atoms with Crippen molar-refractivity contribution in [3.8, 4) is 17.1 Å². The van der Waals surface area contributed by atoms with Gasteiger partial charge >= 0.3 is 0 Å². The van der Waals surface area contributed by atoms with E-state index in [-0.39, 0.29) is 11.7 Å². The first-order chi connectivity index (χ1) is 14.1. The molecule has 3 aromatic rings. The van der Waals surface area contributed by atoms with Gasteiger partial charge in [0.05, 0.1) is 31.7 Å². The molecule has 1 aliphatic heterocycles. The third-order valence-electron chi connectivity index (χ3n) is 4.76. The maximum atomic E-state index is 12.9. The number of ether oxygens (including phenoxy) is 2. The number of rotatable bonds is 5. The Morgan fingerprint density at radius 1 is 1.07 bits per heavy atom. The van der Waals surface area contributed by atoms with Crippen molar-refractivity contribution in [2.75, 3.05) is 43.6 Å². The number of nitrogens with zero attached hydrogens (tertiary/aromatic N) is 1. The van der Waals surface area contributed by atoms with Gasteiger partial charge in [0.15, 0.2) is 5.76 Å². The van der Waals surface area contributed by atoms with E-state index in [4.69, 9.17) is 13.9 Å². The van der Waals surface area contributed by atoms with Crippen LogP contribution in [0.1, 0.15) is 10.6 Å². The fraction of sp³-hybridized carbons (Fsp3) is 0.227. The molecule has 4 rings (SSSR count). The molecule has 7 heteroatoms. The predicted octanol–water partition coefficient (Wildman–Crippen LogP) is 4.81. The molecule has 1 saturated heterocycles. The maximum absolute atomic E-state index is 12.9. The zero-order valence-corrected chi connectivity index (χ0v) is 17.6. The van der Waals surface area contributed by atoms with Crippen molar-refractivity contribution in [3.63, 3.8) is 0 Å². The minimum atomic E-state index is -0.309. The van der Waals surface area contributed by atoms with Crippen LogP contribution in [-0.4, -0.2) is 39.3 Å². The highest BCUT2D eigenvalue weighted by molar-refractivity contribution is 9.10. The summed E-state index contributed by atoms with van der Waals surface area (Å²) in [6.45, 7) is 2.86. The molecule has 0 unspecified atom stereocenters. The summed E-state index contributed by atoms with van der Waals surface area (Å²) in [5.41, 5.74) is 2.52. The lowest BCUT2D eigenvalue weighted by molar-refractivity contribution is 0.0997. The highest BCUT2D eigenvalue weighted by Crippen LogP contribution is 2.32. The first-order valence-corrected chi connectivity index (χ1v) is 10.1. The van der Waals surface area contributed by atoms with Gasteiger partial charge in [0, 0.05) is 29.2 Å². The lowest BCUT2D eigenvalue weighted by atomic mass is 10.2. The first-order valence-electron chi connectivity index (χ1n) is 9.32. The fourth-order valence-electron chi connectivity index (χ4n) is 3.24. The number of halogens is 1. The van der Waals surface area contributed by atoms with Crippen LogP contribution in [0.4, 0.5) is 11.4 Å². The van der Waals surface area contributed by atoms with Crippen molar-refractivity contribution in [2.45, 2.75) is 0 Å². The van der Waals surface area contributed by atoms with E-state index in [1.165, 1.54) is 0 Å². The molecule has 2 aromatic carbocycles. The average Bonchev–Trinajstić information content (AvgIpc) is 3.25. The van der Waals surface area contributed by atoms with Gasteiger partial charge in [0.1, 0.15) is 11.5 Å². The molecule has 0 spiro atoms. The molecular formula is C22H21BrN2O4. The van der Waals surface area contributed by atoms with E-state index < -0.39 is 0 Å². The topological polar surface area (TPSA) is 63.9 Å². The van der Waals surface area contributed by atoms with Crippen LogP contribution in [0.3, 0.4) is 0 Å². The summed E-state index contributed by atoms with van der Waals surface area (Å²) in [6, 6.07) is 16.9. The number of carbonyl (C=O) groups is 1. The summed E-state index contributed by atoms with van der Waals surface area (Å²) in [4.78, 5) is 15.0. The highest BCUT2D eigenvalue weighted by atomic mass is 79.9. The van der Waals surface area contributed by atoms with Crippen molar-refractivity contribution in [3.05, 3.63) is 64.8 Å². The molecule has 2 heterocycles. The van der Waals surface area contributed by atoms with E-state index in [9.17, 15) is 4.79 Å². The SMILES string of the molecule is COc1ccc(N2CCOCC2)c(NC(=O)c2ccc(-c3ccc(Br)cc3)o2)c1. The third kappa shape index (κ3) is 4.46. The van der Waals surface area contributed by atoms with Gasteiger partial charge in [-0.3, -0.25) is 4.79 Å². The maximum Gasteiger partial charge on any atom is 0.291 e. The fourth-order valence-corrected chi connectivity index (χ4v) is 3.50. The van der Waals surface area contributed by atoms with Crippen LogP contribution in [0, 0.1) is 0 Å². The molecule has 1 aliphatic rings. The van der Waals surface area contributed by atoms with Gasteiger partial charge < -0.3 is 24.1 Å². The van der Waals surface area contributed by atoms with Crippen molar-refractivity contribution < 1.29 is 18.7 Å². The van der Waals surface area contributed by atoms with Gasteiger partial charge in [0.25, 0.3) is 5.91 Å². The summed E-state index contributed by atoms with van der Waals surface area (Å²) in [5, 5.41) is 2.97. The second-order valence-electron chi connectivity index (χ2n) is 6.61. The Morgan fingerprint density at radius 3 is 2.55 bits per heavy atom. The molecular weight excluding hydrogens is 436 g/mol. The number of morpholine rings is 1. The van der Waals surface area contributed by atoms with Crippen LogP contribution in [-0.2, 0) is 4.74 Å². The minimum Gasteiger partial charge on any atom is -0.497 e. The second kappa shape index (κ2) is 8.71. The zero-order valence-electron chi connectivity index (χ0n) is 16.0. The molecule has 0 saturated carbocycles. The van der Waals surface area contributed by atoms with E-state index in [0.717, 1.165) is 28.8 Å². The lowest BCUT2D eigenvalue weighted by Gasteiger charge is -2.30. The van der Waals surface area contributed by atoms with Gasteiger partial charge in [0.2, 0.25) is 0 Å². The smallest absolute Gasteiger partial charge is 0.291 e. The van der Waals surface area contributed by atoms with E-state index in [2.05, 4.69) is 26.1 Å². The Morgan fingerprint density at radius 2 is 1.83 bits per heavy atom. The number of benzene rings is 2. The van der Waals surface area contributed by atoms with Gasteiger partial charge in [-0.25, -0.2) is 0 Å². The lowest BCUT2D eigenvalue weighted by Crippen LogP contribution is -2.36. The van der Waals surface area contributed by atoms with Crippen LogP contribution in [0.25, 0.3) is 11.3 Å². The molecule has 0 radical (unpaired) electrons. The number of amides is 1. The van der Waals surface area contributed by atoms with Gasteiger partial charge in [-0.05, 0) is 36.4 Å². The van der Waals surface area contributed by atoms with Crippen LogP contribution < -0.4 is 15.0 Å². The summed E-state index contributed by atoms with van der Waals surface area (Å²) in [7, 11) is 1.60. The zero-order chi connectivity index (χ0) is 20.2. The molecule has 1 aromatic heterocycles.